The SMILES string of the molecule is CCC(C)C(C)C(C)C(C)C(C)(O)C(C)C(N)CN. The summed E-state index contributed by atoms with van der Waals surface area (Å²) in [6, 6.07) is -0.149. The normalized spacial score (nSPS) is 24.9. The predicted octanol–water partition coefficient (Wildman–Crippen LogP) is 2.61. The van der Waals surface area contributed by atoms with Gasteiger partial charge in [-0.1, -0.05) is 48.0 Å². The van der Waals surface area contributed by atoms with E-state index in [0.717, 1.165) is 0 Å². The Hall–Kier alpha value is -0.120. The molecule has 7 unspecified atom stereocenters. The molecule has 3 nitrogen and oxygen atoms in total. The second kappa shape index (κ2) is 7.61. The molecule has 0 saturated carbocycles. The van der Waals surface area contributed by atoms with Crippen molar-refractivity contribution in [2.45, 2.75) is 66.5 Å². The summed E-state index contributed by atoms with van der Waals surface area (Å²) in [6.07, 6.45) is 1.18. The quantitative estimate of drug-likeness (QED) is 0.636. The molecule has 7 atom stereocenters. The summed E-state index contributed by atoms with van der Waals surface area (Å²) in [7, 11) is 0. The van der Waals surface area contributed by atoms with Gasteiger partial charge in [-0.2, -0.15) is 0 Å². The molecule has 0 aromatic heterocycles. The molecule has 0 aromatic carbocycles. The number of hydrogen-bond acceptors (Lipinski definition) is 3. The fourth-order valence-corrected chi connectivity index (χ4v) is 2.93. The number of hydrogen-bond donors (Lipinski definition) is 3. The van der Waals surface area contributed by atoms with Crippen LogP contribution in [0.4, 0.5) is 0 Å². The molecule has 0 spiro atoms. The molecule has 3 heteroatoms. The standard InChI is InChI=1S/C16H36N2O/c1-8-10(2)11(3)12(4)13(5)16(7,19)14(6)15(18)9-17/h10-15,19H,8-9,17-18H2,1-7H3. The summed E-state index contributed by atoms with van der Waals surface area (Å²) < 4.78 is 0. The Morgan fingerprint density at radius 1 is 1.00 bits per heavy atom. The zero-order chi connectivity index (χ0) is 15.4. The molecule has 0 bridgehead atoms. The summed E-state index contributed by atoms with van der Waals surface area (Å²) in [6.45, 7) is 15.5. The van der Waals surface area contributed by atoms with E-state index < -0.39 is 5.60 Å². The smallest absolute Gasteiger partial charge is 0.0688 e. The molecule has 19 heavy (non-hydrogen) atoms. The molecule has 0 rings (SSSR count). The Balaban J connectivity index is 4.91. The average Bonchev–Trinajstić information content (AvgIpc) is 2.41. The lowest BCUT2D eigenvalue weighted by Gasteiger charge is -2.43. The Morgan fingerprint density at radius 3 is 1.84 bits per heavy atom. The van der Waals surface area contributed by atoms with Gasteiger partial charge in [0.1, 0.15) is 0 Å². The van der Waals surface area contributed by atoms with Crippen molar-refractivity contribution in [1.82, 2.24) is 0 Å². The monoisotopic (exact) mass is 272 g/mol. The van der Waals surface area contributed by atoms with E-state index in [0.29, 0.717) is 24.3 Å². The lowest BCUT2D eigenvalue weighted by Crippen LogP contribution is -2.53. The van der Waals surface area contributed by atoms with Crippen molar-refractivity contribution in [3.05, 3.63) is 0 Å². The molecule has 0 aliphatic rings. The van der Waals surface area contributed by atoms with Crippen molar-refractivity contribution in [2.24, 2.45) is 41.1 Å². The molecular weight excluding hydrogens is 236 g/mol. The number of rotatable bonds is 8. The van der Waals surface area contributed by atoms with Crippen LogP contribution in [0.15, 0.2) is 0 Å². The van der Waals surface area contributed by atoms with E-state index >= 15 is 0 Å². The highest BCUT2D eigenvalue weighted by molar-refractivity contribution is 4.93. The van der Waals surface area contributed by atoms with E-state index in [2.05, 4.69) is 34.6 Å². The molecule has 5 N–H and O–H groups in total. The van der Waals surface area contributed by atoms with Crippen LogP contribution in [-0.2, 0) is 0 Å². The van der Waals surface area contributed by atoms with Crippen molar-refractivity contribution in [3.8, 4) is 0 Å². The molecule has 0 radical (unpaired) electrons. The third-order valence-electron chi connectivity index (χ3n) is 5.92. The predicted molar refractivity (Wildman–Crippen MR) is 83.8 cm³/mol. The second-order valence-corrected chi connectivity index (χ2v) is 6.81. The first-order valence-corrected chi connectivity index (χ1v) is 7.79. The fourth-order valence-electron chi connectivity index (χ4n) is 2.93. The average molecular weight is 272 g/mol. The largest absolute Gasteiger partial charge is 0.390 e. The molecule has 116 valence electrons. The minimum Gasteiger partial charge on any atom is -0.390 e. The molecule has 0 amide bonds. The van der Waals surface area contributed by atoms with Gasteiger partial charge in [-0.25, -0.2) is 0 Å². The molecule has 0 aromatic rings. The first-order valence-electron chi connectivity index (χ1n) is 7.79. The van der Waals surface area contributed by atoms with Crippen LogP contribution in [0.5, 0.6) is 0 Å². The second-order valence-electron chi connectivity index (χ2n) is 6.81. The van der Waals surface area contributed by atoms with Crippen LogP contribution in [0.1, 0.15) is 54.9 Å². The maximum absolute atomic E-state index is 10.9. The summed E-state index contributed by atoms with van der Waals surface area (Å²) in [4.78, 5) is 0. The van der Waals surface area contributed by atoms with Gasteiger partial charge >= 0.3 is 0 Å². The molecule has 0 heterocycles. The third kappa shape index (κ3) is 4.44. The van der Waals surface area contributed by atoms with Gasteiger partial charge in [0.15, 0.2) is 0 Å². The van der Waals surface area contributed by atoms with E-state index in [1.165, 1.54) is 6.42 Å². The highest BCUT2D eigenvalue weighted by Crippen LogP contribution is 2.38. The highest BCUT2D eigenvalue weighted by Gasteiger charge is 2.41. The topological polar surface area (TPSA) is 72.3 Å². The maximum Gasteiger partial charge on any atom is 0.0688 e. The van der Waals surface area contributed by atoms with E-state index in [9.17, 15) is 5.11 Å². The lowest BCUT2D eigenvalue weighted by molar-refractivity contribution is -0.0766. The highest BCUT2D eigenvalue weighted by atomic mass is 16.3. The Bertz CT molecular complexity index is 255. The van der Waals surface area contributed by atoms with Gasteiger partial charge in [-0.15, -0.1) is 0 Å². The zero-order valence-corrected chi connectivity index (χ0v) is 14.0. The van der Waals surface area contributed by atoms with Gasteiger partial charge in [0, 0.05) is 18.5 Å². The van der Waals surface area contributed by atoms with Crippen molar-refractivity contribution in [3.63, 3.8) is 0 Å². The van der Waals surface area contributed by atoms with Gasteiger partial charge in [0.25, 0.3) is 0 Å². The van der Waals surface area contributed by atoms with Gasteiger partial charge in [-0.3, -0.25) is 0 Å². The van der Waals surface area contributed by atoms with Crippen molar-refractivity contribution >= 4 is 0 Å². The molecule has 0 aliphatic heterocycles. The summed E-state index contributed by atoms with van der Waals surface area (Å²) in [5, 5.41) is 10.9. The van der Waals surface area contributed by atoms with Crippen molar-refractivity contribution < 1.29 is 5.11 Å². The number of nitrogens with two attached hydrogens (primary N) is 2. The Labute approximate surface area is 120 Å². The molecule has 0 saturated heterocycles. The maximum atomic E-state index is 10.9. The van der Waals surface area contributed by atoms with Crippen LogP contribution in [0.3, 0.4) is 0 Å². The summed E-state index contributed by atoms with van der Waals surface area (Å²) in [5.74, 6) is 1.92. The first kappa shape index (κ1) is 18.9. The molecular formula is C16H36N2O. The lowest BCUT2D eigenvalue weighted by atomic mass is 9.67. The Kier molecular flexibility index (Phi) is 7.56. The van der Waals surface area contributed by atoms with E-state index in [1.54, 1.807) is 0 Å². The van der Waals surface area contributed by atoms with E-state index in [1.807, 2.05) is 13.8 Å². The fraction of sp³-hybridized carbons (Fsp3) is 1.00. The van der Waals surface area contributed by atoms with Crippen LogP contribution in [0.2, 0.25) is 0 Å². The van der Waals surface area contributed by atoms with Gasteiger partial charge in [0.2, 0.25) is 0 Å². The molecule has 0 fully saturated rings. The third-order valence-corrected chi connectivity index (χ3v) is 5.92. The van der Waals surface area contributed by atoms with E-state index in [-0.39, 0.29) is 17.9 Å². The Morgan fingerprint density at radius 2 is 1.47 bits per heavy atom. The van der Waals surface area contributed by atoms with Crippen LogP contribution >= 0.6 is 0 Å². The zero-order valence-electron chi connectivity index (χ0n) is 14.0. The van der Waals surface area contributed by atoms with Crippen molar-refractivity contribution in [1.29, 1.82) is 0 Å². The first-order chi connectivity index (χ1) is 8.61. The van der Waals surface area contributed by atoms with Crippen LogP contribution in [-0.4, -0.2) is 23.3 Å². The van der Waals surface area contributed by atoms with Crippen LogP contribution < -0.4 is 11.5 Å². The molecule has 0 aliphatic carbocycles. The minimum atomic E-state index is -0.778. The summed E-state index contributed by atoms with van der Waals surface area (Å²) in [5.41, 5.74) is 10.9. The number of aliphatic hydroxyl groups is 1. The van der Waals surface area contributed by atoms with Crippen molar-refractivity contribution in [2.75, 3.05) is 6.54 Å². The van der Waals surface area contributed by atoms with Crippen LogP contribution in [0, 0.1) is 29.6 Å². The van der Waals surface area contributed by atoms with Crippen LogP contribution in [0.25, 0.3) is 0 Å². The summed E-state index contributed by atoms with van der Waals surface area (Å²) >= 11 is 0. The van der Waals surface area contributed by atoms with Gasteiger partial charge in [-0.05, 0) is 30.6 Å². The minimum absolute atomic E-state index is 0.000849. The van der Waals surface area contributed by atoms with Gasteiger partial charge in [0.05, 0.1) is 5.60 Å². The van der Waals surface area contributed by atoms with Gasteiger partial charge < -0.3 is 16.6 Å². The van der Waals surface area contributed by atoms with E-state index in [4.69, 9.17) is 11.5 Å².